The predicted molar refractivity (Wildman–Crippen MR) is 76.6 cm³/mol. The summed E-state index contributed by atoms with van der Waals surface area (Å²) in [6.07, 6.45) is 3.44. The maximum atomic E-state index is 12.7. The Bertz CT molecular complexity index is 379. The van der Waals surface area contributed by atoms with Gasteiger partial charge in [0.2, 0.25) is 0 Å². The maximum Gasteiger partial charge on any atom is 0.327 e. The standard InChI is InChI=1S/C13H22N2O4S/c1-2-11-15(10(8-20-11)12(17)18)13(19)14-6-4-3-5-9(14)7-16/h9-11,16H,2-8H2,1H3,(H,17,18). The van der Waals surface area contributed by atoms with E-state index >= 15 is 0 Å². The molecule has 0 aromatic rings. The van der Waals surface area contributed by atoms with Crippen LogP contribution in [0.25, 0.3) is 0 Å². The summed E-state index contributed by atoms with van der Waals surface area (Å²) in [7, 11) is 0. The van der Waals surface area contributed by atoms with Gasteiger partial charge in [0, 0.05) is 12.3 Å². The number of urea groups is 1. The van der Waals surface area contributed by atoms with E-state index in [1.165, 1.54) is 16.7 Å². The van der Waals surface area contributed by atoms with Crippen molar-refractivity contribution in [3.05, 3.63) is 0 Å². The highest BCUT2D eigenvalue weighted by Gasteiger charge is 2.43. The Morgan fingerprint density at radius 3 is 2.70 bits per heavy atom. The Kier molecular flexibility index (Phi) is 5.15. The van der Waals surface area contributed by atoms with Crippen molar-refractivity contribution in [2.75, 3.05) is 18.9 Å². The number of thioether (sulfide) groups is 1. The van der Waals surface area contributed by atoms with Crippen LogP contribution in [0.4, 0.5) is 4.79 Å². The van der Waals surface area contributed by atoms with Gasteiger partial charge >= 0.3 is 12.0 Å². The number of aliphatic carboxylic acids is 1. The van der Waals surface area contributed by atoms with Crippen LogP contribution in [0.5, 0.6) is 0 Å². The lowest BCUT2D eigenvalue weighted by Crippen LogP contribution is -2.56. The zero-order valence-corrected chi connectivity index (χ0v) is 12.5. The van der Waals surface area contributed by atoms with Crippen LogP contribution < -0.4 is 0 Å². The maximum absolute atomic E-state index is 12.7. The normalized spacial score (nSPS) is 30.6. The van der Waals surface area contributed by atoms with Crippen molar-refractivity contribution >= 4 is 23.8 Å². The van der Waals surface area contributed by atoms with Crippen molar-refractivity contribution in [3.63, 3.8) is 0 Å². The Hall–Kier alpha value is -0.950. The molecule has 2 aliphatic rings. The molecule has 20 heavy (non-hydrogen) atoms. The number of carboxylic acid groups (broad SMARTS) is 1. The van der Waals surface area contributed by atoms with E-state index in [1.54, 1.807) is 4.90 Å². The number of carbonyl (C=O) groups excluding carboxylic acids is 1. The minimum absolute atomic E-state index is 0.0543. The van der Waals surface area contributed by atoms with Crippen molar-refractivity contribution in [2.24, 2.45) is 0 Å². The van der Waals surface area contributed by atoms with Gasteiger partial charge in [-0.15, -0.1) is 11.8 Å². The number of carbonyl (C=O) groups is 2. The number of nitrogens with zero attached hydrogens (tertiary/aromatic N) is 2. The van der Waals surface area contributed by atoms with E-state index in [9.17, 15) is 19.8 Å². The lowest BCUT2D eigenvalue weighted by molar-refractivity contribution is -0.141. The second-order valence-electron chi connectivity index (χ2n) is 5.27. The van der Waals surface area contributed by atoms with Crippen molar-refractivity contribution in [1.29, 1.82) is 0 Å². The number of rotatable bonds is 3. The van der Waals surface area contributed by atoms with E-state index in [4.69, 9.17) is 0 Å². The fourth-order valence-electron chi connectivity index (χ4n) is 2.92. The summed E-state index contributed by atoms with van der Waals surface area (Å²) >= 11 is 1.52. The fourth-order valence-corrected chi connectivity index (χ4v) is 4.26. The average molecular weight is 302 g/mol. The molecule has 0 saturated carbocycles. The van der Waals surface area contributed by atoms with Crippen LogP contribution in [0.3, 0.4) is 0 Å². The molecule has 0 aromatic carbocycles. The summed E-state index contributed by atoms with van der Waals surface area (Å²) < 4.78 is 0. The Morgan fingerprint density at radius 2 is 2.10 bits per heavy atom. The molecule has 0 aliphatic carbocycles. The van der Waals surface area contributed by atoms with Gasteiger partial charge < -0.3 is 15.1 Å². The van der Waals surface area contributed by atoms with Crippen LogP contribution in [-0.4, -0.2) is 68.4 Å². The molecule has 2 fully saturated rings. The van der Waals surface area contributed by atoms with Crippen LogP contribution in [0.1, 0.15) is 32.6 Å². The number of likely N-dealkylation sites (tertiary alicyclic amines) is 1. The second-order valence-corrected chi connectivity index (χ2v) is 6.48. The van der Waals surface area contributed by atoms with Crippen LogP contribution in [0.2, 0.25) is 0 Å². The van der Waals surface area contributed by atoms with E-state index in [-0.39, 0.29) is 24.1 Å². The number of aliphatic hydroxyl groups excluding tert-OH is 1. The van der Waals surface area contributed by atoms with Gasteiger partial charge in [0.25, 0.3) is 0 Å². The summed E-state index contributed by atoms with van der Waals surface area (Å²) in [6, 6.07) is -1.15. The fraction of sp³-hybridized carbons (Fsp3) is 0.846. The predicted octanol–water partition coefficient (Wildman–Crippen LogP) is 1.19. The SMILES string of the molecule is CCC1SCC(C(=O)O)N1C(=O)N1CCCCC1CO. The lowest BCUT2D eigenvalue weighted by Gasteiger charge is -2.39. The van der Waals surface area contributed by atoms with Gasteiger partial charge in [-0.3, -0.25) is 4.90 Å². The van der Waals surface area contributed by atoms with Crippen molar-refractivity contribution < 1.29 is 19.8 Å². The van der Waals surface area contributed by atoms with Gasteiger partial charge in [-0.2, -0.15) is 0 Å². The summed E-state index contributed by atoms with van der Waals surface area (Å²) in [4.78, 5) is 27.2. The zero-order valence-electron chi connectivity index (χ0n) is 11.7. The first-order valence-electron chi connectivity index (χ1n) is 7.14. The summed E-state index contributed by atoms with van der Waals surface area (Å²) in [5.41, 5.74) is 0. The molecule has 3 unspecified atom stereocenters. The average Bonchev–Trinajstić information content (AvgIpc) is 2.90. The van der Waals surface area contributed by atoms with E-state index in [0.717, 1.165) is 25.7 Å². The quantitative estimate of drug-likeness (QED) is 0.818. The Morgan fingerprint density at radius 1 is 1.35 bits per heavy atom. The van der Waals surface area contributed by atoms with Gasteiger partial charge in [-0.1, -0.05) is 6.92 Å². The third-order valence-electron chi connectivity index (χ3n) is 4.03. The number of hydrogen-bond acceptors (Lipinski definition) is 4. The van der Waals surface area contributed by atoms with E-state index in [0.29, 0.717) is 12.3 Å². The largest absolute Gasteiger partial charge is 0.480 e. The number of amides is 2. The molecule has 2 aliphatic heterocycles. The van der Waals surface area contributed by atoms with E-state index in [2.05, 4.69) is 0 Å². The summed E-state index contributed by atoms with van der Waals surface area (Å²) in [6.45, 7) is 2.51. The van der Waals surface area contributed by atoms with Crippen LogP contribution in [-0.2, 0) is 4.79 Å². The van der Waals surface area contributed by atoms with Crippen molar-refractivity contribution in [2.45, 2.75) is 50.1 Å². The van der Waals surface area contributed by atoms with Gasteiger partial charge in [-0.25, -0.2) is 9.59 Å². The van der Waals surface area contributed by atoms with Gasteiger partial charge in [0.1, 0.15) is 6.04 Å². The number of carboxylic acids is 1. The molecule has 114 valence electrons. The summed E-state index contributed by atoms with van der Waals surface area (Å²) in [5, 5.41) is 18.6. The van der Waals surface area contributed by atoms with Crippen LogP contribution in [0, 0.1) is 0 Å². The van der Waals surface area contributed by atoms with Crippen molar-refractivity contribution in [1.82, 2.24) is 9.80 Å². The topological polar surface area (TPSA) is 81.1 Å². The molecule has 7 heteroatoms. The highest BCUT2D eigenvalue weighted by atomic mass is 32.2. The lowest BCUT2D eigenvalue weighted by atomic mass is 10.0. The molecule has 2 rings (SSSR count). The highest BCUT2D eigenvalue weighted by molar-refractivity contribution is 8.00. The molecular formula is C13H22N2O4S. The van der Waals surface area contributed by atoms with Crippen molar-refractivity contribution in [3.8, 4) is 0 Å². The zero-order chi connectivity index (χ0) is 14.7. The Balaban J connectivity index is 2.17. The van der Waals surface area contributed by atoms with Gasteiger partial charge in [-0.05, 0) is 25.7 Å². The third-order valence-corrected chi connectivity index (χ3v) is 5.48. The number of aliphatic hydroxyl groups is 1. The number of hydrogen-bond donors (Lipinski definition) is 2. The molecule has 2 heterocycles. The Labute approximate surface area is 123 Å². The molecule has 3 atom stereocenters. The molecule has 2 saturated heterocycles. The summed E-state index contributed by atoms with van der Waals surface area (Å²) in [5.74, 6) is -0.503. The molecule has 0 bridgehead atoms. The van der Waals surface area contributed by atoms with E-state index < -0.39 is 12.0 Å². The van der Waals surface area contributed by atoms with Gasteiger partial charge in [0.05, 0.1) is 18.0 Å². The van der Waals surface area contributed by atoms with Crippen LogP contribution >= 0.6 is 11.8 Å². The molecule has 0 aromatic heterocycles. The minimum atomic E-state index is -0.945. The minimum Gasteiger partial charge on any atom is -0.480 e. The molecule has 6 nitrogen and oxygen atoms in total. The third kappa shape index (κ3) is 2.88. The second kappa shape index (κ2) is 6.67. The molecule has 2 N–H and O–H groups in total. The van der Waals surface area contributed by atoms with Gasteiger partial charge in [0.15, 0.2) is 0 Å². The smallest absolute Gasteiger partial charge is 0.327 e. The first-order chi connectivity index (χ1) is 9.60. The molecular weight excluding hydrogens is 280 g/mol. The molecule has 0 radical (unpaired) electrons. The van der Waals surface area contributed by atoms with E-state index in [1.807, 2.05) is 6.92 Å². The first-order valence-corrected chi connectivity index (χ1v) is 8.19. The molecule has 2 amide bonds. The molecule has 0 spiro atoms. The van der Waals surface area contributed by atoms with Crippen LogP contribution in [0.15, 0.2) is 0 Å². The highest BCUT2D eigenvalue weighted by Crippen LogP contribution is 2.33. The number of piperidine rings is 1. The first kappa shape index (κ1) is 15.4. The monoisotopic (exact) mass is 302 g/mol.